The van der Waals surface area contributed by atoms with Crippen molar-refractivity contribution in [3.63, 3.8) is 0 Å². The average molecular weight is 361 g/mol. The number of hydrogen-bond acceptors (Lipinski definition) is 5. The van der Waals surface area contributed by atoms with Gasteiger partial charge >= 0.3 is 0 Å². The predicted molar refractivity (Wildman–Crippen MR) is 106 cm³/mol. The number of carbonyl (C=O) groups is 1. The molecule has 1 aromatic carbocycles. The first kappa shape index (κ1) is 19.4. The molecule has 2 rings (SSSR count). The number of aromatic nitrogens is 1. The van der Waals surface area contributed by atoms with E-state index in [9.17, 15) is 4.79 Å². The minimum atomic E-state index is -0.264. The van der Waals surface area contributed by atoms with E-state index in [2.05, 4.69) is 36.4 Å². The van der Waals surface area contributed by atoms with E-state index in [1.807, 2.05) is 11.6 Å². The Bertz CT molecular complexity index is 710. The topological polar surface area (TPSA) is 80.4 Å². The molecule has 1 heterocycles. The minimum Gasteiger partial charge on any atom is -0.370 e. The van der Waals surface area contributed by atoms with Crippen molar-refractivity contribution in [1.29, 1.82) is 0 Å². The van der Waals surface area contributed by atoms with Crippen LogP contribution >= 0.6 is 11.3 Å². The Morgan fingerprint density at radius 1 is 1.32 bits per heavy atom. The van der Waals surface area contributed by atoms with E-state index in [1.54, 1.807) is 11.3 Å². The Morgan fingerprint density at radius 3 is 2.88 bits per heavy atom. The molecule has 2 aromatic rings. The number of hydrazone groups is 1. The van der Waals surface area contributed by atoms with Gasteiger partial charge in [0, 0.05) is 12.5 Å². The van der Waals surface area contributed by atoms with Gasteiger partial charge in [0.15, 0.2) is 0 Å². The molecule has 5 nitrogen and oxygen atoms in total. The lowest BCUT2D eigenvalue weighted by atomic mass is 10.0. The highest BCUT2D eigenvalue weighted by Gasteiger charge is 2.09. The third kappa shape index (κ3) is 6.12. The van der Waals surface area contributed by atoms with Crippen LogP contribution in [0.4, 0.5) is 0 Å². The number of carbonyl (C=O) groups excluding carboxylic acids is 1. The van der Waals surface area contributed by atoms with E-state index in [4.69, 9.17) is 10.8 Å². The summed E-state index contributed by atoms with van der Waals surface area (Å²) in [6.45, 7) is 4.38. The van der Waals surface area contributed by atoms with Gasteiger partial charge in [-0.25, -0.2) is 4.98 Å². The standard InChI is InChI=1S/C19H28N4OS/c1-3-5-7-15(4-2)22-23-16(8-6-9-19(20)24)14-10-11-17-18(12-14)25-13-21-17/h10-13,15,22H,3-9H2,1-2H3,(H2,20,24)/b23-16+. The summed E-state index contributed by atoms with van der Waals surface area (Å²) in [4.78, 5) is 15.4. The van der Waals surface area contributed by atoms with Gasteiger partial charge in [0.1, 0.15) is 0 Å². The molecule has 6 heteroatoms. The molecule has 0 bridgehead atoms. The molecule has 25 heavy (non-hydrogen) atoms. The fourth-order valence-corrected chi connectivity index (χ4v) is 3.43. The van der Waals surface area contributed by atoms with Crippen molar-refractivity contribution in [2.45, 2.75) is 64.8 Å². The van der Waals surface area contributed by atoms with Crippen LogP contribution in [0.15, 0.2) is 28.8 Å². The Hall–Kier alpha value is -1.95. The number of hydrogen-bond donors (Lipinski definition) is 2. The fourth-order valence-electron chi connectivity index (χ4n) is 2.71. The van der Waals surface area contributed by atoms with Gasteiger partial charge in [-0.2, -0.15) is 5.10 Å². The monoisotopic (exact) mass is 360 g/mol. The Labute approximate surface area is 153 Å². The summed E-state index contributed by atoms with van der Waals surface area (Å²) in [6, 6.07) is 6.60. The minimum absolute atomic E-state index is 0.264. The zero-order chi connectivity index (χ0) is 18.1. The van der Waals surface area contributed by atoms with Crippen LogP contribution in [-0.4, -0.2) is 22.6 Å². The third-order valence-corrected chi connectivity index (χ3v) is 5.07. The van der Waals surface area contributed by atoms with E-state index in [1.165, 1.54) is 12.8 Å². The molecule has 0 aliphatic heterocycles. The maximum Gasteiger partial charge on any atom is 0.217 e. The van der Waals surface area contributed by atoms with Crippen molar-refractivity contribution in [3.8, 4) is 0 Å². The van der Waals surface area contributed by atoms with Crippen LogP contribution in [-0.2, 0) is 4.79 Å². The molecule has 0 fully saturated rings. The highest BCUT2D eigenvalue weighted by molar-refractivity contribution is 7.16. The molecule has 3 N–H and O–H groups in total. The van der Waals surface area contributed by atoms with Crippen LogP contribution in [0, 0.1) is 0 Å². The first-order valence-electron chi connectivity index (χ1n) is 9.08. The highest BCUT2D eigenvalue weighted by Crippen LogP contribution is 2.21. The van der Waals surface area contributed by atoms with E-state index in [-0.39, 0.29) is 5.91 Å². The van der Waals surface area contributed by atoms with E-state index in [0.717, 1.165) is 40.8 Å². The number of benzene rings is 1. The Kier molecular flexibility index (Phi) is 7.85. The van der Waals surface area contributed by atoms with Crippen molar-refractivity contribution in [1.82, 2.24) is 10.4 Å². The maximum atomic E-state index is 11.0. The van der Waals surface area contributed by atoms with Crippen molar-refractivity contribution in [2.75, 3.05) is 0 Å². The molecule has 1 aromatic heterocycles. The van der Waals surface area contributed by atoms with Gasteiger partial charge in [0.25, 0.3) is 0 Å². The summed E-state index contributed by atoms with van der Waals surface area (Å²) in [7, 11) is 0. The van der Waals surface area contributed by atoms with Gasteiger partial charge in [-0.05, 0) is 43.4 Å². The maximum absolute atomic E-state index is 11.0. The second kappa shape index (κ2) is 10.1. The van der Waals surface area contributed by atoms with Gasteiger partial charge < -0.3 is 11.2 Å². The van der Waals surface area contributed by atoms with Crippen LogP contribution < -0.4 is 11.2 Å². The van der Waals surface area contributed by atoms with Gasteiger partial charge in [-0.3, -0.25) is 4.79 Å². The smallest absolute Gasteiger partial charge is 0.217 e. The first-order chi connectivity index (χ1) is 12.1. The fraction of sp³-hybridized carbons (Fsp3) is 0.526. The lowest BCUT2D eigenvalue weighted by molar-refractivity contribution is -0.118. The number of primary amides is 1. The van der Waals surface area contributed by atoms with Crippen LogP contribution in [0.5, 0.6) is 0 Å². The van der Waals surface area contributed by atoms with Gasteiger partial charge in [-0.1, -0.05) is 32.8 Å². The van der Waals surface area contributed by atoms with E-state index in [0.29, 0.717) is 18.9 Å². The largest absolute Gasteiger partial charge is 0.370 e. The van der Waals surface area contributed by atoms with Crippen molar-refractivity contribution >= 4 is 33.2 Å². The summed E-state index contributed by atoms with van der Waals surface area (Å²) in [5.74, 6) is -0.264. The zero-order valence-corrected chi connectivity index (χ0v) is 15.9. The molecule has 136 valence electrons. The van der Waals surface area contributed by atoms with Gasteiger partial charge in [0.2, 0.25) is 5.91 Å². The number of nitrogens with two attached hydrogens (primary N) is 1. The molecule has 0 saturated carbocycles. The highest BCUT2D eigenvalue weighted by atomic mass is 32.1. The number of unbranched alkanes of at least 4 members (excludes halogenated alkanes) is 1. The zero-order valence-electron chi connectivity index (χ0n) is 15.1. The quantitative estimate of drug-likeness (QED) is 0.465. The normalized spacial score (nSPS) is 13.1. The number of amides is 1. The van der Waals surface area contributed by atoms with Gasteiger partial charge in [0.05, 0.1) is 21.4 Å². The average Bonchev–Trinajstić information content (AvgIpc) is 3.07. The van der Waals surface area contributed by atoms with Crippen LogP contribution in [0.3, 0.4) is 0 Å². The lowest BCUT2D eigenvalue weighted by Crippen LogP contribution is -2.25. The van der Waals surface area contributed by atoms with E-state index < -0.39 is 0 Å². The number of nitrogens with zero attached hydrogens (tertiary/aromatic N) is 2. The molecular formula is C19H28N4OS. The Balaban J connectivity index is 2.15. The van der Waals surface area contributed by atoms with Crippen molar-refractivity contribution in [2.24, 2.45) is 10.8 Å². The summed E-state index contributed by atoms with van der Waals surface area (Å²) in [5.41, 5.74) is 13.5. The molecule has 1 amide bonds. The van der Waals surface area contributed by atoms with Crippen LogP contribution in [0.1, 0.15) is 64.4 Å². The number of fused-ring (bicyclic) bond motifs is 1. The Morgan fingerprint density at radius 2 is 2.16 bits per heavy atom. The second-order valence-corrected chi connectivity index (χ2v) is 7.18. The summed E-state index contributed by atoms with van der Waals surface area (Å²) < 4.78 is 1.15. The van der Waals surface area contributed by atoms with Crippen LogP contribution in [0.25, 0.3) is 10.2 Å². The number of thiazole rings is 1. The number of nitrogens with one attached hydrogen (secondary N) is 1. The van der Waals surface area contributed by atoms with Crippen LogP contribution in [0.2, 0.25) is 0 Å². The first-order valence-corrected chi connectivity index (χ1v) is 9.96. The van der Waals surface area contributed by atoms with Crippen molar-refractivity contribution in [3.05, 3.63) is 29.3 Å². The molecule has 1 atom stereocenters. The lowest BCUT2D eigenvalue weighted by Gasteiger charge is -2.16. The molecule has 0 saturated heterocycles. The molecular weight excluding hydrogens is 332 g/mol. The second-order valence-electron chi connectivity index (χ2n) is 6.29. The third-order valence-electron chi connectivity index (χ3n) is 4.28. The predicted octanol–water partition coefficient (Wildman–Crippen LogP) is 4.21. The van der Waals surface area contributed by atoms with Crippen molar-refractivity contribution < 1.29 is 4.79 Å². The summed E-state index contributed by atoms with van der Waals surface area (Å²) in [6.07, 6.45) is 6.38. The SMILES string of the molecule is CCCCC(CC)N/N=C(\CCCC(N)=O)c1ccc2ncsc2c1. The molecule has 0 aliphatic rings. The molecule has 0 radical (unpaired) electrons. The summed E-state index contributed by atoms with van der Waals surface area (Å²) in [5, 5.41) is 4.70. The summed E-state index contributed by atoms with van der Waals surface area (Å²) >= 11 is 1.63. The molecule has 0 aliphatic carbocycles. The molecule has 1 unspecified atom stereocenters. The van der Waals surface area contributed by atoms with E-state index >= 15 is 0 Å². The van der Waals surface area contributed by atoms with Gasteiger partial charge in [-0.15, -0.1) is 11.3 Å². The number of rotatable bonds is 11. The molecule has 0 spiro atoms.